The van der Waals surface area contributed by atoms with Crippen molar-refractivity contribution in [2.75, 3.05) is 23.9 Å². The summed E-state index contributed by atoms with van der Waals surface area (Å²) in [5.41, 5.74) is 1.23. The number of benzene rings is 2. The Hall–Kier alpha value is -3.36. The van der Waals surface area contributed by atoms with Crippen LogP contribution in [0.5, 0.6) is 5.75 Å². The molecule has 1 N–H and O–H groups in total. The molecule has 4 rings (SSSR count). The smallest absolute Gasteiger partial charge is 0.451 e. The van der Waals surface area contributed by atoms with Gasteiger partial charge in [-0.3, -0.25) is 4.79 Å². The van der Waals surface area contributed by atoms with E-state index in [-0.39, 0.29) is 17.2 Å². The van der Waals surface area contributed by atoms with Crippen molar-refractivity contribution in [1.29, 1.82) is 0 Å². The molecule has 0 spiro atoms. The van der Waals surface area contributed by atoms with E-state index >= 15 is 0 Å². The molecule has 0 bridgehead atoms. The molecule has 1 aliphatic rings. The molecule has 6 nitrogen and oxygen atoms in total. The molecule has 3 aromatic rings. The van der Waals surface area contributed by atoms with Gasteiger partial charge in [0.1, 0.15) is 11.6 Å². The number of anilines is 3. The van der Waals surface area contributed by atoms with Crippen molar-refractivity contribution in [2.45, 2.75) is 19.0 Å². The Morgan fingerprint density at radius 3 is 2.62 bits per heavy atom. The van der Waals surface area contributed by atoms with Crippen LogP contribution in [0.1, 0.15) is 18.7 Å². The number of halogens is 3. The molecule has 0 aliphatic carbocycles. The largest absolute Gasteiger partial charge is 0.495 e. The Morgan fingerprint density at radius 1 is 1.14 bits per heavy atom. The maximum atomic E-state index is 13.2. The fraction of sp³-hybridized carbons (Fsp3) is 0.250. The summed E-state index contributed by atoms with van der Waals surface area (Å²) in [5, 5.41) is 3.40. The Kier molecular flexibility index (Phi) is 4.73. The minimum absolute atomic E-state index is 0.0210. The van der Waals surface area contributed by atoms with Gasteiger partial charge in [-0.1, -0.05) is 12.1 Å². The summed E-state index contributed by atoms with van der Waals surface area (Å²) in [6, 6.07) is 11.5. The number of alkyl halides is 3. The molecule has 0 radical (unpaired) electrons. The van der Waals surface area contributed by atoms with Gasteiger partial charge in [-0.05, 0) is 36.8 Å². The SMILES string of the molecule is COc1ccc(Nc2nc(C(F)(F)F)nc3ccccc23)cc1N1CCCC1=O. The average molecular weight is 402 g/mol. The van der Waals surface area contributed by atoms with Crippen LogP contribution in [0, 0.1) is 0 Å². The predicted octanol–water partition coefficient (Wildman–Crippen LogP) is 4.53. The van der Waals surface area contributed by atoms with E-state index in [1.165, 1.54) is 13.2 Å². The summed E-state index contributed by atoms with van der Waals surface area (Å²) in [6.07, 6.45) is -3.48. The third kappa shape index (κ3) is 3.67. The third-order valence-corrected chi connectivity index (χ3v) is 4.66. The maximum absolute atomic E-state index is 13.2. The van der Waals surface area contributed by atoms with Crippen LogP contribution in [0.25, 0.3) is 10.9 Å². The van der Waals surface area contributed by atoms with Crippen molar-refractivity contribution in [3.05, 3.63) is 48.3 Å². The molecule has 150 valence electrons. The Morgan fingerprint density at radius 2 is 1.93 bits per heavy atom. The zero-order valence-electron chi connectivity index (χ0n) is 15.5. The van der Waals surface area contributed by atoms with Gasteiger partial charge in [0, 0.05) is 24.0 Å². The number of hydrogen-bond acceptors (Lipinski definition) is 5. The van der Waals surface area contributed by atoms with E-state index in [1.54, 1.807) is 41.3 Å². The summed E-state index contributed by atoms with van der Waals surface area (Å²) in [5.74, 6) is -0.699. The van der Waals surface area contributed by atoms with Gasteiger partial charge in [0.15, 0.2) is 0 Å². The van der Waals surface area contributed by atoms with Gasteiger partial charge < -0.3 is 15.0 Å². The molecule has 2 heterocycles. The van der Waals surface area contributed by atoms with E-state index in [0.717, 1.165) is 6.42 Å². The lowest BCUT2D eigenvalue weighted by molar-refractivity contribution is -0.144. The van der Waals surface area contributed by atoms with E-state index in [1.807, 2.05) is 0 Å². The second-order valence-electron chi connectivity index (χ2n) is 6.57. The first-order chi connectivity index (χ1) is 13.9. The van der Waals surface area contributed by atoms with Crippen LogP contribution in [-0.2, 0) is 11.0 Å². The average Bonchev–Trinajstić information content (AvgIpc) is 3.13. The number of fused-ring (bicyclic) bond motifs is 1. The normalized spacial score (nSPS) is 14.5. The summed E-state index contributed by atoms with van der Waals surface area (Å²) >= 11 is 0. The quantitative estimate of drug-likeness (QED) is 0.695. The molecule has 1 fully saturated rings. The molecular weight excluding hydrogens is 385 g/mol. The van der Waals surface area contributed by atoms with Crippen molar-refractivity contribution in [1.82, 2.24) is 9.97 Å². The number of ether oxygens (including phenoxy) is 1. The lowest BCUT2D eigenvalue weighted by Crippen LogP contribution is -2.24. The highest BCUT2D eigenvalue weighted by molar-refractivity contribution is 5.98. The summed E-state index contributed by atoms with van der Waals surface area (Å²) < 4.78 is 45.0. The highest BCUT2D eigenvalue weighted by atomic mass is 19.4. The molecule has 0 saturated carbocycles. The van der Waals surface area contributed by atoms with Gasteiger partial charge in [0.2, 0.25) is 11.7 Å². The van der Waals surface area contributed by atoms with Gasteiger partial charge >= 0.3 is 6.18 Å². The van der Waals surface area contributed by atoms with Gasteiger partial charge in [0.25, 0.3) is 0 Å². The molecule has 29 heavy (non-hydrogen) atoms. The van der Waals surface area contributed by atoms with Gasteiger partial charge in [-0.25, -0.2) is 9.97 Å². The molecule has 0 atom stereocenters. The lowest BCUT2D eigenvalue weighted by Gasteiger charge is -2.20. The standard InChI is InChI=1S/C20H17F3N4O2/c1-29-16-9-8-12(11-15(16)27-10-4-7-17(27)28)24-18-13-5-2-3-6-14(13)25-19(26-18)20(21,22)23/h2-3,5-6,8-9,11H,4,7,10H2,1H3,(H,24,25,26). The second kappa shape index (κ2) is 7.23. The van der Waals surface area contributed by atoms with E-state index < -0.39 is 12.0 Å². The van der Waals surface area contributed by atoms with E-state index in [4.69, 9.17) is 4.74 Å². The fourth-order valence-electron chi connectivity index (χ4n) is 3.32. The number of amides is 1. The molecule has 1 amide bonds. The van der Waals surface area contributed by atoms with Crippen molar-refractivity contribution < 1.29 is 22.7 Å². The molecule has 1 aliphatic heterocycles. The number of carbonyl (C=O) groups excluding carboxylic acids is 1. The number of nitrogens with one attached hydrogen (secondary N) is 1. The topological polar surface area (TPSA) is 67.3 Å². The maximum Gasteiger partial charge on any atom is 0.451 e. The number of aromatic nitrogens is 2. The molecule has 2 aromatic carbocycles. The van der Waals surface area contributed by atoms with Crippen LogP contribution < -0.4 is 15.0 Å². The molecule has 9 heteroatoms. The minimum atomic E-state index is -4.67. The number of para-hydroxylation sites is 1. The second-order valence-corrected chi connectivity index (χ2v) is 6.57. The fourth-order valence-corrected chi connectivity index (χ4v) is 3.32. The van der Waals surface area contributed by atoms with Crippen LogP contribution in [0.3, 0.4) is 0 Å². The summed E-state index contributed by atoms with van der Waals surface area (Å²) in [4.78, 5) is 21.1. The van der Waals surface area contributed by atoms with Crippen molar-refractivity contribution in [2.24, 2.45) is 0 Å². The van der Waals surface area contributed by atoms with Gasteiger partial charge in [-0.2, -0.15) is 13.2 Å². The number of rotatable bonds is 4. The predicted molar refractivity (Wildman–Crippen MR) is 102 cm³/mol. The summed E-state index contributed by atoms with van der Waals surface area (Å²) in [6.45, 7) is 0.563. The Bertz CT molecular complexity index is 1080. The highest BCUT2D eigenvalue weighted by Crippen LogP contribution is 2.36. The number of nitrogens with zero attached hydrogens (tertiary/aromatic N) is 3. The van der Waals surface area contributed by atoms with Crippen molar-refractivity contribution in [3.63, 3.8) is 0 Å². The molecule has 1 saturated heterocycles. The Balaban J connectivity index is 1.78. The van der Waals surface area contributed by atoms with Crippen LogP contribution in [-0.4, -0.2) is 29.5 Å². The van der Waals surface area contributed by atoms with Gasteiger partial charge in [0.05, 0.1) is 18.3 Å². The van der Waals surface area contributed by atoms with Crippen molar-refractivity contribution in [3.8, 4) is 5.75 Å². The molecule has 0 unspecified atom stereocenters. The van der Waals surface area contributed by atoms with E-state index in [9.17, 15) is 18.0 Å². The van der Waals surface area contributed by atoms with Crippen LogP contribution in [0.15, 0.2) is 42.5 Å². The highest BCUT2D eigenvalue weighted by Gasteiger charge is 2.35. The zero-order valence-corrected chi connectivity index (χ0v) is 15.5. The lowest BCUT2D eigenvalue weighted by atomic mass is 10.2. The van der Waals surface area contributed by atoms with Gasteiger partial charge in [-0.15, -0.1) is 0 Å². The first kappa shape index (κ1) is 19.0. The van der Waals surface area contributed by atoms with E-state index in [2.05, 4.69) is 15.3 Å². The Labute approximate surface area is 164 Å². The van der Waals surface area contributed by atoms with Crippen LogP contribution in [0.2, 0.25) is 0 Å². The number of carbonyl (C=O) groups is 1. The monoisotopic (exact) mass is 402 g/mol. The van der Waals surface area contributed by atoms with E-state index in [0.29, 0.717) is 35.5 Å². The molecule has 1 aromatic heterocycles. The minimum Gasteiger partial charge on any atom is -0.495 e. The van der Waals surface area contributed by atoms with Crippen LogP contribution >= 0.6 is 0 Å². The summed E-state index contributed by atoms with van der Waals surface area (Å²) in [7, 11) is 1.50. The number of hydrogen-bond donors (Lipinski definition) is 1. The van der Waals surface area contributed by atoms with Crippen LogP contribution in [0.4, 0.5) is 30.4 Å². The van der Waals surface area contributed by atoms with Crippen molar-refractivity contribution >= 4 is 34.0 Å². The first-order valence-corrected chi connectivity index (χ1v) is 8.96. The first-order valence-electron chi connectivity index (χ1n) is 8.96. The zero-order chi connectivity index (χ0) is 20.6. The third-order valence-electron chi connectivity index (χ3n) is 4.66. The molecular formula is C20H17F3N4O2. The number of methoxy groups -OCH3 is 1.